The van der Waals surface area contributed by atoms with E-state index in [-0.39, 0.29) is 18.0 Å². The Morgan fingerprint density at radius 3 is 2.91 bits per heavy atom. The highest BCUT2D eigenvalue weighted by Crippen LogP contribution is 2.34. The van der Waals surface area contributed by atoms with Crippen LogP contribution in [0.4, 0.5) is 5.82 Å². The number of rotatable bonds is 5. The Morgan fingerprint density at radius 2 is 2.18 bits per heavy atom. The molecular weight excluding hydrogens is 434 g/mol. The van der Waals surface area contributed by atoms with Gasteiger partial charge in [-0.3, -0.25) is 4.79 Å². The number of aliphatic hydroxyl groups is 1. The number of ether oxygens (including phenoxy) is 1. The van der Waals surface area contributed by atoms with Crippen molar-refractivity contribution in [3.05, 3.63) is 42.4 Å². The highest BCUT2D eigenvalue weighted by molar-refractivity contribution is 6.01. The van der Waals surface area contributed by atoms with E-state index in [9.17, 15) is 9.90 Å². The molecule has 3 N–H and O–H groups in total. The number of aromatic nitrogens is 5. The second-order valence-electron chi connectivity index (χ2n) is 8.99. The first-order valence-corrected chi connectivity index (χ1v) is 11.7. The van der Waals surface area contributed by atoms with Gasteiger partial charge in [0.2, 0.25) is 0 Å². The van der Waals surface area contributed by atoms with E-state index in [1.165, 1.54) is 6.20 Å². The summed E-state index contributed by atoms with van der Waals surface area (Å²) in [5.41, 5.74) is 3.39. The van der Waals surface area contributed by atoms with Crippen LogP contribution in [0.2, 0.25) is 0 Å². The molecule has 1 aliphatic heterocycles. The van der Waals surface area contributed by atoms with Crippen molar-refractivity contribution in [1.82, 2.24) is 29.5 Å². The first kappa shape index (κ1) is 21.1. The third-order valence-electron chi connectivity index (χ3n) is 6.92. The lowest BCUT2D eigenvalue weighted by Gasteiger charge is -2.32. The van der Waals surface area contributed by atoms with Gasteiger partial charge in [-0.2, -0.15) is 9.61 Å². The lowest BCUT2D eigenvalue weighted by molar-refractivity contribution is 0.0448. The minimum Gasteiger partial charge on any atom is -0.391 e. The quantitative estimate of drug-likeness (QED) is 0.418. The Morgan fingerprint density at radius 1 is 1.26 bits per heavy atom. The highest BCUT2D eigenvalue weighted by Gasteiger charge is 2.31. The van der Waals surface area contributed by atoms with Gasteiger partial charge in [-0.1, -0.05) is 0 Å². The molecule has 1 saturated carbocycles. The van der Waals surface area contributed by atoms with E-state index >= 15 is 0 Å². The zero-order chi connectivity index (χ0) is 23.2. The number of hydrogen-bond donors (Lipinski definition) is 3. The Balaban J connectivity index is 1.46. The fourth-order valence-corrected chi connectivity index (χ4v) is 4.84. The summed E-state index contributed by atoms with van der Waals surface area (Å²) in [7, 11) is 1.81. The number of carbonyl (C=O) groups excluding carboxylic acids is 1. The van der Waals surface area contributed by atoms with Crippen molar-refractivity contribution in [3.8, 4) is 11.3 Å². The van der Waals surface area contributed by atoms with E-state index in [1.54, 1.807) is 10.7 Å². The Bertz CT molecular complexity index is 1370. The largest absolute Gasteiger partial charge is 0.391 e. The summed E-state index contributed by atoms with van der Waals surface area (Å²) in [6.45, 7) is 1.46. The molecule has 6 rings (SSSR count). The number of fused-ring (bicyclic) bond motifs is 2. The average Bonchev–Trinajstić information content (AvgIpc) is 3.48. The summed E-state index contributed by atoms with van der Waals surface area (Å²) in [5, 5.41) is 21.3. The number of aliphatic hydroxyl groups excluding tert-OH is 1. The number of hydrogen-bond acceptors (Lipinski definition) is 7. The van der Waals surface area contributed by atoms with Gasteiger partial charge in [0, 0.05) is 43.1 Å². The van der Waals surface area contributed by atoms with Crippen LogP contribution in [0, 0.1) is 0 Å². The van der Waals surface area contributed by atoms with Crippen LogP contribution in [0.3, 0.4) is 0 Å². The lowest BCUT2D eigenvalue weighted by atomic mass is 9.89. The molecule has 5 heterocycles. The van der Waals surface area contributed by atoms with Crippen molar-refractivity contribution in [2.24, 2.45) is 0 Å². The summed E-state index contributed by atoms with van der Waals surface area (Å²) in [6, 6.07) is 5.90. The van der Waals surface area contributed by atoms with Crippen LogP contribution >= 0.6 is 0 Å². The van der Waals surface area contributed by atoms with Gasteiger partial charge in [-0.25, -0.2) is 9.97 Å². The van der Waals surface area contributed by atoms with Gasteiger partial charge in [0.25, 0.3) is 5.91 Å². The summed E-state index contributed by atoms with van der Waals surface area (Å²) < 4.78 is 9.55. The second-order valence-corrected chi connectivity index (χ2v) is 8.99. The molecule has 34 heavy (non-hydrogen) atoms. The predicted octanol–water partition coefficient (Wildman–Crippen LogP) is 2.39. The maximum absolute atomic E-state index is 13.0. The molecule has 0 radical (unpaired) electrons. The van der Waals surface area contributed by atoms with Gasteiger partial charge in [0.1, 0.15) is 17.0 Å². The smallest absolute Gasteiger partial charge is 0.257 e. The SMILES string of the molecule is CNc1cc(-c2cn([C@@H]3CCCOC3)c3ncccc23)nc2c(C(=O)N[C@H]3CC[C@H]3O)cnn12. The number of amides is 1. The molecule has 1 aliphatic carbocycles. The van der Waals surface area contributed by atoms with Gasteiger partial charge in [-0.05, 0) is 37.8 Å². The number of pyridine rings is 1. The number of nitrogens with one attached hydrogen (secondary N) is 2. The zero-order valence-electron chi connectivity index (χ0n) is 18.9. The fourth-order valence-electron chi connectivity index (χ4n) is 4.84. The Kier molecular flexibility index (Phi) is 5.19. The van der Waals surface area contributed by atoms with Gasteiger partial charge in [0.15, 0.2) is 5.65 Å². The molecule has 10 nitrogen and oxygen atoms in total. The molecule has 0 unspecified atom stereocenters. The van der Waals surface area contributed by atoms with Crippen LogP contribution in [0.5, 0.6) is 0 Å². The topological polar surface area (TPSA) is 119 Å². The normalized spacial score (nSPS) is 22.6. The molecule has 10 heteroatoms. The third-order valence-corrected chi connectivity index (χ3v) is 6.92. The van der Waals surface area contributed by atoms with E-state index in [2.05, 4.69) is 31.5 Å². The Labute approximate surface area is 196 Å². The fraction of sp³-hybridized carbons (Fsp3) is 0.417. The molecule has 0 bridgehead atoms. The predicted molar refractivity (Wildman–Crippen MR) is 127 cm³/mol. The van der Waals surface area contributed by atoms with Gasteiger partial charge in [0.05, 0.1) is 36.7 Å². The Hall–Kier alpha value is -3.50. The second kappa shape index (κ2) is 8.37. The van der Waals surface area contributed by atoms with Crippen molar-refractivity contribution in [2.75, 3.05) is 25.6 Å². The van der Waals surface area contributed by atoms with Gasteiger partial charge in [-0.15, -0.1) is 0 Å². The van der Waals surface area contributed by atoms with Crippen LogP contribution in [0.25, 0.3) is 27.9 Å². The van der Waals surface area contributed by atoms with Crippen molar-refractivity contribution in [1.29, 1.82) is 0 Å². The maximum Gasteiger partial charge on any atom is 0.257 e. The first-order chi connectivity index (χ1) is 16.6. The zero-order valence-corrected chi connectivity index (χ0v) is 18.9. The van der Waals surface area contributed by atoms with Crippen LogP contribution in [-0.2, 0) is 4.74 Å². The van der Waals surface area contributed by atoms with Crippen molar-refractivity contribution < 1.29 is 14.6 Å². The van der Waals surface area contributed by atoms with Crippen LogP contribution in [0.15, 0.2) is 36.8 Å². The lowest BCUT2D eigenvalue weighted by Crippen LogP contribution is -2.50. The van der Waals surface area contributed by atoms with Gasteiger partial charge >= 0.3 is 0 Å². The molecule has 3 atom stereocenters. The minimum absolute atomic E-state index is 0.220. The molecule has 0 aromatic carbocycles. The van der Waals surface area contributed by atoms with E-state index in [0.29, 0.717) is 30.1 Å². The highest BCUT2D eigenvalue weighted by atomic mass is 16.5. The first-order valence-electron chi connectivity index (χ1n) is 11.7. The van der Waals surface area contributed by atoms with Crippen LogP contribution in [0.1, 0.15) is 42.1 Å². The van der Waals surface area contributed by atoms with Crippen molar-refractivity contribution in [3.63, 3.8) is 0 Å². The average molecular weight is 462 g/mol. The monoisotopic (exact) mass is 461 g/mol. The van der Waals surface area contributed by atoms with E-state index < -0.39 is 6.10 Å². The van der Waals surface area contributed by atoms with Crippen molar-refractivity contribution >= 4 is 28.4 Å². The summed E-state index contributed by atoms with van der Waals surface area (Å²) in [4.78, 5) is 22.5. The van der Waals surface area contributed by atoms with E-state index in [0.717, 1.165) is 48.2 Å². The van der Waals surface area contributed by atoms with Gasteiger partial charge < -0.3 is 25.0 Å². The number of anilines is 1. The third kappa shape index (κ3) is 3.41. The van der Waals surface area contributed by atoms with E-state index in [4.69, 9.17) is 9.72 Å². The molecular formula is C24H27N7O3. The minimum atomic E-state index is -0.496. The summed E-state index contributed by atoms with van der Waals surface area (Å²) in [6.07, 6.45) is 8.45. The molecule has 176 valence electrons. The van der Waals surface area contributed by atoms with Crippen molar-refractivity contribution in [2.45, 2.75) is 43.9 Å². The molecule has 1 amide bonds. The molecule has 2 fully saturated rings. The van der Waals surface area contributed by atoms with E-state index in [1.807, 2.05) is 25.2 Å². The van der Waals surface area contributed by atoms with Crippen LogP contribution < -0.4 is 10.6 Å². The number of carbonyl (C=O) groups is 1. The summed E-state index contributed by atoms with van der Waals surface area (Å²) >= 11 is 0. The van der Waals surface area contributed by atoms with Crippen LogP contribution in [-0.4, -0.2) is 67.6 Å². The maximum atomic E-state index is 13.0. The molecule has 0 spiro atoms. The molecule has 4 aromatic heterocycles. The molecule has 1 saturated heterocycles. The molecule has 2 aliphatic rings. The number of nitrogens with zero attached hydrogens (tertiary/aromatic N) is 5. The standard InChI is InChI=1S/C24H27N7O3/c1-25-21-10-19(28-23-16(11-27-31(21)23)24(33)29-18-6-7-20(18)32)17-12-30(14-4-3-9-34-13-14)22-15(17)5-2-8-26-22/h2,5,8,10-12,14,18,20,25,32H,3-4,6-7,9,13H2,1H3,(H,29,33)/t14-,18+,20-/m1/s1. The molecule has 4 aromatic rings. The summed E-state index contributed by atoms with van der Waals surface area (Å²) in [5.74, 6) is 0.433.